The highest BCUT2D eigenvalue weighted by Crippen LogP contribution is 2.95. The molecule has 12 aliphatic rings. The maximum absolute atomic E-state index is 13.3. The molecule has 0 N–H and O–H groups in total. The number of methoxy groups -OCH3 is 4. The van der Waals surface area contributed by atoms with E-state index in [1.807, 2.05) is 0 Å². The number of carbonyl (C=O) groups excluding carboxylic acids is 4. The second-order valence-corrected chi connectivity index (χ2v) is 17.4. The Balaban J connectivity index is 1.02. The molecule has 0 heterocycles. The van der Waals surface area contributed by atoms with Gasteiger partial charge in [0.15, 0.2) is 0 Å². The van der Waals surface area contributed by atoms with E-state index in [2.05, 4.69) is 38.2 Å². The van der Waals surface area contributed by atoms with Gasteiger partial charge in [0, 0.05) is 0 Å². The zero-order chi connectivity index (χ0) is 31.9. The van der Waals surface area contributed by atoms with E-state index < -0.39 is 23.7 Å². The van der Waals surface area contributed by atoms with E-state index >= 15 is 0 Å². The molecule has 0 amide bonds. The summed E-state index contributed by atoms with van der Waals surface area (Å²) >= 11 is 0. The number of hydrogen-bond acceptors (Lipinski definition) is 8. The first kappa shape index (κ1) is 28.4. The third-order valence-corrected chi connectivity index (χ3v) is 17.7. The highest BCUT2D eigenvalue weighted by atomic mass is 16.5. The molecule has 0 aromatic heterocycles. The molecule has 22 atom stereocenters. The Morgan fingerprint density at radius 2 is 0.674 bits per heavy atom. The van der Waals surface area contributed by atoms with Crippen LogP contribution in [0.25, 0.3) is 0 Å². The van der Waals surface area contributed by atoms with E-state index in [1.54, 1.807) is 0 Å². The van der Waals surface area contributed by atoms with Crippen LogP contribution in [0.15, 0.2) is 24.3 Å². The highest BCUT2D eigenvalue weighted by Gasteiger charge is 2.92. The number of rotatable bonds is 4. The number of hydrogen-bond donors (Lipinski definition) is 0. The van der Waals surface area contributed by atoms with Crippen LogP contribution in [0.1, 0.15) is 26.7 Å². The summed E-state index contributed by atoms with van der Waals surface area (Å²) in [7, 11) is 5.77. The van der Waals surface area contributed by atoms with Crippen LogP contribution in [-0.2, 0) is 38.1 Å². The third kappa shape index (κ3) is 2.62. The zero-order valence-corrected chi connectivity index (χ0v) is 27.5. The van der Waals surface area contributed by atoms with Crippen molar-refractivity contribution in [1.82, 2.24) is 0 Å². The summed E-state index contributed by atoms with van der Waals surface area (Å²) in [5, 5.41) is 0. The molecule has 4 unspecified atom stereocenters. The van der Waals surface area contributed by atoms with Gasteiger partial charge in [0.2, 0.25) is 0 Å². The van der Waals surface area contributed by atoms with E-state index in [9.17, 15) is 19.2 Å². The molecular formula is C38H46O8. The fraction of sp³-hybridized carbons (Fsp3) is 0.789. The van der Waals surface area contributed by atoms with Gasteiger partial charge in [-0.3, -0.25) is 19.2 Å². The number of carbonyl (C=O) groups is 4. The van der Waals surface area contributed by atoms with Gasteiger partial charge in [-0.05, 0) is 118 Å². The van der Waals surface area contributed by atoms with E-state index in [0.29, 0.717) is 71.0 Å². The van der Waals surface area contributed by atoms with Gasteiger partial charge in [-0.25, -0.2) is 0 Å². The van der Waals surface area contributed by atoms with E-state index in [0.717, 1.165) is 0 Å². The van der Waals surface area contributed by atoms with Crippen molar-refractivity contribution in [3.8, 4) is 0 Å². The van der Waals surface area contributed by atoms with E-state index in [-0.39, 0.29) is 58.4 Å². The lowest BCUT2D eigenvalue weighted by molar-refractivity contribution is -0.396. The lowest BCUT2D eigenvalue weighted by Gasteiger charge is -2.86. The van der Waals surface area contributed by atoms with Crippen molar-refractivity contribution in [2.45, 2.75) is 26.7 Å². The highest BCUT2D eigenvalue weighted by molar-refractivity contribution is 5.85. The third-order valence-electron chi connectivity index (χ3n) is 17.7. The van der Waals surface area contributed by atoms with Crippen molar-refractivity contribution in [3.05, 3.63) is 24.3 Å². The van der Waals surface area contributed by atoms with Gasteiger partial charge in [0.1, 0.15) is 0 Å². The summed E-state index contributed by atoms with van der Waals surface area (Å²) in [6.07, 6.45) is 11.4. The van der Waals surface area contributed by atoms with Gasteiger partial charge in [-0.2, -0.15) is 0 Å². The predicted molar refractivity (Wildman–Crippen MR) is 162 cm³/mol. The first-order valence-electron chi connectivity index (χ1n) is 17.8. The molecule has 8 fully saturated rings. The average Bonchev–Trinajstić information content (AvgIpc) is 3.87. The Labute approximate surface area is 270 Å². The first-order valence-corrected chi connectivity index (χ1v) is 17.8. The number of esters is 4. The standard InChI is InChI=1S/C38H46O8/c1-37-29-17-11-19(23-15-9-7-13(21(17)23)25(33(39)43-3)27(15)35(41)45-5)31(29)38(37,2)32-20-12-18(30(32)37)22-14-8-10-16(24(20)22)28(36(42)46-6)26(14)34(40)44-4/h7-10,13-32H,11-12H2,1-6H3/t13-,14-,15-,16+,17-,18+,19+,20-,21+,22-,23-,24+,25?,26+,27?,28+,29-,30+,31+,32-,37?,38?/m0/s1. The lowest BCUT2D eigenvalue weighted by Crippen LogP contribution is -2.83. The van der Waals surface area contributed by atoms with E-state index in [1.165, 1.54) is 41.3 Å². The van der Waals surface area contributed by atoms with Gasteiger partial charge in [0.25, 0.3) is 0 Å². The van der Waals surface area contributed by atoms with Gasteiger partial charge >= 0.3 is 23.9 Å². The van der Waals surface area contributed by atoms with Crippen LogP contribution in [0, 0.1) is 129 Å². The zero-order valence-electron chi connectivity index (χ0n) is 27.5. The van der Waals surface area contributed by atoms with Crippen molar-refractivity contribution < 1.29 is 38.1 Å². The van der Waals surface area contributed by atoms with Gasteiger partial charge < -0.3 is 18.9 Å². The molecule has 8 saturated carbocycles. The summed E-state index contributed by atoms with van der Waals surface area (Å²) in [6, 6.07) is 0. The topological polar surface area (TPSA) is 105 Å². The Bertz CT molecular complexity index is 1320. The van der Waals surface area contributed by atoms with E-state index in [4.69, 9.17) is 18.9 Å². The Morgan fingerprint density at radius 1 is 0.457 bits per heavy atom. The van der Waals surface area contributed by atoms with Crippen LogP contribution in [0.5, 0.6) is 0 Å². The summed E-state index contributed by atoms with van der Waals surface area (Å²) in [6.45, 7) is 5.22. The summed E-state index contributed by atoms with van der Waals surface area (Å²) in [4.78, 5) is 53.1. The molecule has 0 aromatic carbocycles. The molecule has 0 aliphatic heterocycles. The van der Waals surface area contributed by atoms with Crippen LogP contribution in [0.2, 0.25) is 0 Å². The molecule has 46 heavy (non-hydrogen) atoms. The molecule has 246 valence electrons. The fourth-order valence-electron chi connectivity index (χ4n) is 17.3. The van der Waals surface area contributed by atoms with Crippen LogP contribution in [0.4, 0.5) is 0 Å². The van der Waals surface area contributed by atoms with Crippen molar-refractivity contribution in [2.24, 2.45) is 129 Å². The summed E-state index contributed by atoms with van der Waals surface area (Å²) in [5.74, 6) is 3.59. The number of fused-ring (bicyclic) bond motifs is 17. The summed E-state index contributed by atoms with van der Waals surface area (Å²) in [5.41, 5.74) is 0.478. The number of ether oxygens (including phenoxy) is 4. The second-order valence-electron chi connectivity index (χ2n) is 17.4. The van der Waals surface area contributed by atoms with Crippen molar-refractivity contribution >= 4 is 23.9 Å². The smallest absolute Gasteiger partial charge is 0.310 e. The molecule has 8 heteroatoms. The molecule has 8 bridgehead atoms. The SMILES string of the molecule is COC(=O)C1C(C(=O)OC)[C@H]2C=C[C@H]1[C@@H]1[C@@H]3C[C@H]([C@@H]12)[C@@H]1[C@H]3C2(C)[C@@H]3[C@@H]4C[C@@H]([C@H]5[C@H]6C=C[C@H]([C@@H](C(=O)OC)[C@@H]6C(=O)OC)[C@@H]45)[C@@H]3C12C. The minimum Gasteiger partial charge on any atom is -0.469 e. The minimum absolute atomic E-state index is 0.0218. The van der Waals surface area contributed by atoms with Crippen molar-refractivity contribution in [1.29, 1.82) is 0 Å². The quantitative estimate of drug-likeness (QED) is 0.261. The Hall–Kier alpha value is -2.64. The number of allylic oxidation sites excluding steroid dienone is 4. The lowest BCUT2D eigenvalue weighted by atomic mass is 9.17. The molecule has 12 rings (SSSR count). The maximum Gasteiger partial charge on any atom is 0.310 e. The van der Waals surface area contributed by atoms with Gasteiger partial charge in [-0.15, -0.1) is 0 Å². The van der Waals surface area contributed by atoms with Gasteiger partial charge in [-0.1, -0.05) is 38.2 Å². The largest absolute Gasteiger partial charge is 0.469 e. The van der Waals surface area contributed by atoms with Crippen molar-refractivity contribution in [3.63, 3.8) is 0 Å². The maximum atomic E-state index is 13.3. The Kier molecular flexibility index (Phi) is 5.36. The molecule has 12 aliphatic carbocycles. The summed E-state index contributed by atoms with van der Waals surface area (Å²) < 4.78 is 21.3. The normalized spacial score (nSPS) is 60.6. The fourth-order valence-corrected chi connectivity index (χ4v) is 17.3. The minimum atomic E-state index is -0.467. The first-order chi connectivity index (χ1) is 22.1. The molecular weight excluding hydrogens is 584 g/mol. The van der Waals surface area contributed by atoms with Crippen molar-refractivity contribution in [2.75, 3.05) is 28.4 Å². The molecule has 0 radical (unpaired) electrons. The molecule has 0 saturated heterocycles. The molecule has 0 spiro atoms. The second kappa shape index (κ2) is 8.68. The molecule has 8 nitrogen and oxygen atoms in total. The van der Waals surface area contributed by atoms with Crippen LogP contribution >= 0.6 is 0 Å². The van der Waals surface area contributed by atoms with Crippen LogP contribution in [0.3, 0.4) is 0 Å². The van der Waals surface area contributed by atoms with Crippen LogP contribution in [-0.4, -0.2) is 52.3 Å². The van der Waals surface area contributed by atoms with Crippen LogP contribution < -0.4 is 0 Å². The Morgan fingerprint density at radius 3 is 0.870 bits per heavy atom. The van der Waals surface area contributed by atoms with Gasteiger partial charge in [0.05, 0.1) is 52.1 Å². The monoisotopic (exact) mass is 630 g/mol. The molecule has 0 aromatic rings. The average molecular weight is 631 g/mol. The predicted octanol–water partition coefficient (Wildman–Crippen LogP) is 4.04.